The number of benzene rings is 3. The Morgan fingerprint density at radius 1 is 1.02 bits per heavy atom. The van der Waals surface area contributed by atoms with Gasteiger partial charge in [-0.3, -0.25) is 0 Å². The lowest BCUT2D eigenvalue weighted by Crippen LogP contribution is -2.29. The highest BCUT2D eigenvalue weighted by atomic mass is 19.1. The Bertz CT molecular complexity index is 1910. The molecule has 5 aromatic rings. The van der Waals surface area contributed by atoms with Crippen molar-refractivity contribution in [2.45, 2.75) is 59.2 Å². The zero-order valence-electron chi connectivity index (χ0n) is 25.2. The van der Waals surface area contributed by atoms with Crippen molar-refractivity contribution in [3.63, 3.8) is 0 Å². The molecule has 0 radical (unpaired) electrons. The molecule has 6 rings (SSSR count). The molecule has 44 heavy (non-hydrogen) atoms. The van der Waals surface area contributed by atoms with Crippen molar-refractivity contribution in [3.8, 4) is 39.4 Å². The quantitative estimate of drug-likeness (QED) is 0.214. The van der Waals surface area contributed by atoms with Crippen LogP contribution in [-0.2, 0) is 16.0 Å². The van der Waals surface area contributed by atoms with E-state index >= 15 is 4.39 Å². The van der Waals surface area contributed by atoms with Gasteiger partial charge in [-0.05, 0) is 88.4 Å². The molecule has 1 atom stereocenters. The largest absolute Gasteiger partial charge is 0.490 e. The summed E-state index contributed by atoms with van der Waals surface area (Å²) in [6, 6.07) is 17.1. The molecule has 7 nitrogen and oxygen atoms in total. The summed E-state index contributed by atoms with van der Waals surface area (Å²) >= 11 is 0. The fourth-order valence-corrected chi connectivity index (χ4v) is 5.84. The number of fused-ring (bicyclic) bond motifs is 2. The average Bonchev–Trinajstić information content (AvgIpc) is 3.41. The van der Waals surface area contributed by atoms with Gasteiger partial charge < -0.3 is 14.6 Å². The minimum absolute atomic E-state index is 0.237. The van der Waals surface area contributed by atoms with E-state index in [-0.39, 0.29) is 11.6 Å². The number of aryl methyl sites for hydroxylation is 1. The van der Waals surface area contributed by atoms with E-state index in [0.29, 0.717) is 46.9 Å². The third-order valence-electron chi connectivity index (χ3n) is 7.81. The predicted octanol–water partition coefficient (Wildman–Crippen LogP) is 7.89. The van der Waals surface area contributed by atoms with Gasteiger partial charge in [0.1, 0.15) is 5.82 Å². The van der Waals surface area contributed by atoms with Crippen molar-refractivity contribution in [1.82, 2.24) is 14.6 Å². The van der Waals surface area contributed by atoms with Gasteiger partial charge in [-0.1, -0.05) is 30.3 Å². The lowest BCUT2D eigenvalue weighted by atomic mass is 9.91. The third-order valence-corrected chi connectivity index (χ3v) is 7.81. The smallest absolute Gasteiger partial charge is 0.337 e. The minimum Gasteiger partial charge on any atom is -0.490 e. The molecule has 0 bridgehead atoms. The second kappa shape index (κ2) is 11.1. The van der Waals surface area contributed by atoms with Crippen LogP contribution < -0.4 is 4.74 Å². The number of rotatable bonds is 6. The van der Waals surface area contributed by atoms with Crippen LogP contribution in [0.4, 0.5) is 8.78 Å². The molecule has 9 heteroatoms. The highest BCUT2D eigenvalue weighted by molar-refractivity contribution is 5.83. The standard InChI is InChI=1S/C35H33F2N3O4/c1-19-25-10-7-15-43-32(25)27(37)17-26(19)31-30(33(34(41)42)44-35(3,4)5)20(2)38-29-18-28(39-40(29)31)23-9-6-8-22(16-23)21-11-13-24(36)14-12-21/h6,8-9,11-14,16-18,33H,7,10,15H2,1-5H3,(H,41,42). The maximum Gasteiger partial charge on any atom is 0.337 e. The van der Waals surface area contributed by atoms with E-state index < -0.39 is 23.5 Å². The van der Waals surface area contributed by atoms with Gasteiger partial charge in [0.2, 0.25) is 0 Å². The Morgan fingerprint density at radius 2 is 1.75 bits per heavy atom. The van der Waals surface area contributed by atoms with Gasteiger partial charge in [-0.15, -0.1) is 0 Å². The van der Waals surface area contributed by atoms with Gasteiger partial charge in [0, 0.05) is 34.0 Å². The van der Waals surface area contributed by atoms with Crippen molar-refractivity contribution >= 4 is 11.6 Å². The lowest BCUT2D eigenvalue weighted by Gasteiger charge is -2.28. The van der Waals surface area contributed by atoms with Gasteiger partial charge in [0.05, 0.1) is 23.6 Å². The molecule has 0 saturated heterocycles. The van der Waals surface area contributed by atoms with E-state index in [9.17, 15) is 14.3 Å². The lowest BCUT2D eigenvalue weighted by molar-refractivity contribution is -0.160. The molecule has 226 valence electrons. The predicted molar refractivity (Wildman–Crippen MR) is 164 cm³/mol. The molecule has 0 aliphatic carbocycles. The second-order valence-electron chi connectivity index (χ2n) is 12.1. The van der Waals surface area contributed by atoms with E-state index in [4.69, 9.17) is 19.6 Å². The molecule has 0 saturated carbocycles. The van der Waals surface area contributed by atoms with Crippen molar-refractivity contribution in [2.24, 2.45) is 0 Å². The number of aromatic nitrogens is 3. The zero-order valence-corrected chi connectivity index (χ0v) is 25.2. The number of ether oxygens (including phenoxy) is 2. The number of carboxylic acids is 1. The van der Waals surface area contributed by atoms with Crippen molar-refractivity contribution in [3.05, 3.63) is 94.7 Å². The van der Waals surface area contributed by atoms with Crippen LogP contribution in [0.2, 0.25) is 0 Å². The number of carboxylic acid groups (broad SMARTS) is 1. The first-order valence-corrected chi connectivity index (χ1v) is 14.5. The average molecular weight is 598 g/mol. The summed E-state index contributed by atoms with van der Waals surface area (Å²) in [5, 5.41) is 15.3. The summed E-state index contributed by atoms with van der Waals surface area (Å²) in [4.78, 5) is 17.5. The molecule has 0 fully saturated rings. The zero-order chi connectivity index (χ0) is 31.3. The number of carbonyl (C=O) groups is 1. The van der Waals surface area contributed by atoms with Crippen LogP contribution in [0.25, 0.3) is 39.3 Å². The monoisotopic (exact) mass is 597 g/mol. The van der Waals surface area contributed by atoms with Gasteiger partial charge >= 0.3 is 5.97 Å². The second-order valence-corrected chi connectivity index (χ2v) is 12.1. The number of hydrogen-bond donors (Lipinski definition) is 1. The fourth-order valence-electron chi connectivity index (χ4n) is 5.84. The maximum atomic E-state index is 15.6. The van der Waals surface area contributed by atoms with E-state index in [1.807, 2.05) is 37.3 Å². The minimum atomic E-state index is -1.40. The summed E-state index contributed by atoms with van der Waals surface area (Å²) in [5.74, 6) is -1.78. The van der Waals surface area contributed by atoms with Gasteiger partial charge in [-0.25, -0.2) is 23.1 Å². The molecule has 1 N–H and O–H groups in total. The van der Waals surface area contributed by atoms with Gasteiger partial charge in [0.25, 0.3) is 0 Å². The SMILES string of the molecule is Cc1nc2cc(-c3cccc(-c4ccc(F)cc4)c3)nn2c(-c2cc(F)c3c(c2C)CCCO3)c1C(OC(C)(C)C)C(=O)O. The van der Waals surface area contributed by atoms with E-state index in [2.05, 4.69) is 0 Å². The van der Waals surface area contributed by atoms with Gasteiger partial charge in [-0.2, -0.15) is 5.10 Å². The van der Waals surface area contributed by atoms with Crippen molar-refractivity contribution in [2.75, 3.05) is 6.61 Å². The topological polar surface area (TPSA) is 86.0 Å². The molecule has 3 heterocycles. The molecule has 3 aromatic carbocycles. The number of aliphatic carboxylic acids is 1. The van der Waals surface area contributed by atoms with E-state index in [1.165, 1.54) is 18.2 Å². The fraction of sp³-hybridized carbons (Fsp3) is 0.286. The summed E-state index contributed by atoms with van der Waals surface area (Å²) in [5.41, 5.74) is 5.92. The highest BCUT2D eigenvalue weighted by Gasteiger charge is 2.34. The first-order valence-electron chi connectivity index (χ1n) is 14.5. The van der Waals surface area contributed by atoms with Crippen LogP contribution in [0.5, 0.6) is 5.75 Å². The Morgan fingerprint density at radius 3 is 2.45 bits per heavy atom. The molecular weight excluding hydrogens is 564 g/mol. The van der Waals surface area contributed by atoms with E-state index in [0.717, 1.165) is 34.2 Å². The van der Waals surface area contributed by atoms with Crippen LogP contribution >= 0.6 is 0 Å². The summed E-state index contributed by atoms with van der Waals surface area (Å²) in [6.45, 7) is 9.41. The van der Waals surface area contributed by atoms with Crippen molar-refractivity contribution < 1.29 is 28.2 Å². The molecule has 1 aliphatic rings. The van der Waals surface area contributed by atoms with Crippen LogP contribution in [0.1, 0.15) is 55.7 Å². The molecule has 0 spiro atoms. The van der Waals surface area contributed by atoms with Crippen LogP contribution in [0.3, 0.4) is 0 Å². The Balaban J connectivity index is 1.62. The number of halogens is 2. The van der Waals surface area contributed by atoms with Crippen LogP contribution in [0, 0.1) is 25.5 Å². The number of hydrogen-bond acceptors (Lipinski definition) is 5. The summed E-state index contributed by atoms with van der Waals surface area (Å²) < 4.78 is 42.5. The molecule has 1 aliphatic heterocycles. The van der Waals surface area contributed by atoms with E-state index in [1.54, 1.807) is 44.3 Å². The molecular formula is C35H33F2N3O4. The highest BCUT2D eigenvalue weighted by Crippen LogP contribution is 2.42. The summed E-state index contributed by atoms with van der Waals surface area (Å²) in [7, 11) is 0. The van der Waals surface area contributed by atoms with Crippen LogP contribution in [0.15, 0.2) is 60.7 Å². The molecule has 2 aromatic heterocycles. The normalized spacial score (nSPS) is 13.9. The Hall–Kier alpha value is -4.63. The van der Waals surface area contributed by atoms with Gasteiger partial charge in [0.15, 0.2) is 23.3 Å². The molecule has 1 unspecified atom stereocenters. The van der Waals surface area contributed by atoms with Crippen molar-refractivity contribution in [1.29, 1.82) is 0 Å². The Kier molecular flexibility index (Phi) is 7.45. The Labute approximate surface area is 254 Å². The first-order chi connectivity index (χ1) is 20.9. The molecule has 0 amide bonds. The third kappa shape index (κ3) is 5.43. The first kappa shape index (κ1) is 29.4. The van der Waals surface area contributed by atoms with Crippen LogP contribution in [-0.4, -0.2) is 37.9 Å². The maximum absolute atomic E-state index is 15.6. The number of nitrogens with zero attached hydrogens (tertiary/aromatic N) is 3. The summed E-state index contributed by atoms with van der Waals surface area (Å²) in [6.07, 6.45) is -0.0167.